The molecule has 12 nitrogen and oxygen atoms in total. The molecule has 0 heterocycles. The van der Waals surface area contributed by atoms with E-state index in [1.54, 1.807) is 6.07 Å². The van der Waals surface area contributed by atoms with Gasteiger partial charge in [0.1, 0.15) is 5.75 Å². The Kier molecular flexibility index (Phi) is 7.50. The number of anilines is 1. The van der Waals surface area contributed by atoms with Crippen LogP contribution in [0.1, 0.15) is 36.2 Å². The van der Waals surface area contributed by atoms with E-state index < -0.39 is 76.0 Å². The van der Waals surface area contributed by atoms with Crippen LogP contribution >= 0.6 is 0 Å². The van der Waals surface area contributed by atoms with Crippen LogP contribution in [0.15, 0.2) is 12.1 Å². The average molecular weight is 543 g/mol. The summed E-state index contributed by atoms with van der Waals surface area (Å²) in [4.78, 5) is 81.8. The fourth-order valence-electron chi connectivity index (χ4n) is 6.52. The molecule has 4 unspecified atom stereocenters. The third kappa shape index (κ3) is 4.36. The van der Waals surface area contributed by atoms with Gasteiger partial charge >= 0.3 is 0 Å². The molecule has 3 aliphatic rings. The van der Waals surface area contributed by atoms with Crippen molar-refractivity contribution in [2.75, 3.05) is 39.0 Å². The number of hydrogen-bond acceptors (Lipinski definition) is 10. The first kappa shape index (κ1) is 28.5. The van der Waals surface area contributed by atoms with Crippen molar-refractivity contribution in [2.24, 2.45) is 29.4 Å². The van der Waals surface area contributed by atoms with Gasteiger partial charge in [0.15, 0.2) is 34.7 Å². The van der Waals surface area contributed by atoms with Crippen LogP contribution in [-0.4, -0.2) is 100 Å². The number of nitrogens with one attached hydrogen (secondary N) is 1. The molecule has 0 saturated heterocycles. The van der Waals surface area contributed by atoms with Crippen molar-refractivity contribution < 1.29 is 39.0 Å². The van der Waals surface area contributed by atoms with Gasteiger partial charge in [0, 0.05) is 5.92 Å². The molecule has 0 aromatic heterocycles. The molecule has 4 rings (SSSR count). The van der Waals surface area contributed by atoms with Crippen molar-refractivity contribution in [1.82, 2.24) is 9.80 Å². The number of likely N-dealkylation sites (N-methyl/N-ethyl adjacent to an activating group) is 2. The molecule has 0 spiro atoms. The minimum absolute atomic E-state index is 0.00152. The normalized spacial score (nSPS) is 30.2. The second-order valence-corrected chi connectivity index (χ2v) is 10.8. The topological polar surface area (TPSA) is 187 Å². The lowest BCUT2D eigenvalue weighted by Crippen LogP contribution is -2.74. The minimum atomic E-state index is -2.78. The van der Waals surface area contributed by atoms with E-state index in [0.29, 0.717) is 18.7 Å². The maximum absolute atomic E-state index is 13.8. The number of aromatic hydroxyl groups is 1. The molecule has 0 radical (unpaired) electrons. The van der Waals surface area contributed by atoms with Crippen LogP contribution < -0.4 is 11.1 Å². The highest BCUT2D eigenvalue weighted by Gasteiger charge is 2.69. The van der Waals surface area contributed by atoms with Crippen molar-refractivity contribution >= 4 is 40.6 Å². The number of aliphatic hydroxyl groups is 1. The standard InChI is InChI=1S/C27H34N4O8/c1-5-31(6-2)11-16(32)29-15-8-7-12-9-13-10-14-20(30(3)4)23(35)19(26(28)38)25(37)27(14,39)24(36)18(13)22(34)17(12)21(15)33/h7-8,13-14,18-20,33,39H,5-6,9-11H2,1-4H3,(H2,28,38)(H,29,32)/t13?,14?,18?,19?,20-,27-/m0/s1. The SMILES string of the molecule is CCN(CC)CC(=O)Nc1ccc2c(c1O)C(=O)C1C(=O)[C@]3(O)C(=O)C(C(N)=O)C(=O)[C@@H](N(C)C)C3CC1C2. The number of primary amides is 1. The summed E-state index contributed by atoms with van der Waals surface area (Å²) in [6.07, 6.45) is 0.139. The molecule has 2 fully saturated rings. The highest BCUT2D eigenvalue weighted by atomic mass is 16.3. The summed E-state index contributed by atoms with van der Waals surface area (Å²) in [6.45, 7) is 5.17. The quantitative estimate of drug-likeness (QED) is 0.250. The minimum Gasteiger partial charge on any atom is -0.505 e. The van der Waals surface area contributed by atoms with Crippen molar-refractivity contribution in [2.45, 2.75) is 38.3 Å². The van der Waals surface area contributed by atoms with Gasteiger partial charge in [0.25, 0.3) is 0 Å². The summed E-state index contributed by atoms with van der Waals surface area (Å²) in [5, 5.41) is 25.2. The summed E-state index contributed by atoms with van der Waals surface area (Å²) in [5.41, 5.74) is 2.83. The van der Waals surface area contributed by atoms with Crippen LogP contribution in [0.5, 0.6) is 5.75 Å². The van der Waals surface area contributed by atoms with Gasteiger partial charge in [0.05, 0.1) is 29.8 Å². The molecule has 0 bridgehead atoms. The second kappa shape index (κ2) is 10.2. The van der Waals surface area contributed by atoms with E-state index in [1.165, 1.54) is 25.1 Å². The Morgan fingerprint density at radius 3 is 2.31 bits per heavy atom. The molecule has 5 N–H and O–H groups in total. The van der Waals surface area contributed by atoms with Gasteiger partial charge < -0.3 is 21.3 Å². The molecule has 6 atom stereocenters. The van der Waals surface area contributed by atoms with E-state index in [0.717, 1.165) is 0 Å². The lowest BCUT2D eigenvalue weighted by molar-refractivity contribution is -0.181. The maximum Gasteiger partial charge on any atom is 0.238 e. The Labute approximate surface area is 225 Å². The highest BCUT2D eigenvalue weighted by Crippen LogP contribution is 2.51. The van der Waals surface area contributed by atoms with Crippen LogP contribution in [0.3, 0.4) is 0 Å². The number of carbonyl (C=O) groups is 6. The lowest BCUT2D eigenvalue weighted by Gasteiger charge is -2.52. The lowest BCUT2D eigenvalue weighted by atomic mass is 9.52. The molecule has 210 valence electrons. The summed E-state index contributed by atoms with van der Waals surface area (Å²) >= 11 is 0. The zero-order valence-corrected chi connectivity index (χ0v) is 22.4. The van der Waals surface area contributed by atoms with E-state index >= 15 is 0 Å². The van der Waals surface area contributed by atoms with Crippen molar-refractivity contribution in [3.05, 3.63) is 23.3 Å². The first-order valence-corrected chi connectivity index (χ1v) is 13.0. The zero-order chi connectivity index (χ0) is 29.0. The summed E-state index contributed by atoms with van der Waals surface area (Å²) in [7, 11) is 3.06. The second-order valence-electron chi connectivity index (χ2n) is 10.8. The van der Waals surface area contributed by atoms with Crippen molar-refractivity contribution in [3.8, 4) is 5.75 Å². The van der Waals surface area contributed by atoms with Crippen LogP contribution in [0.2, 0.25) is 0 Å². The van der Waals surface area contributed by atoms with Gasteiger partial charge in [-0.3, -0.25) is 38.6 Å². The molecular weight excluding hydrogens is 508 g/mol. The number of Topliss-reactive ketones (excluding diaryl/α,β-unsaturated/α-hetero) is 4. The van der Waals surface area contributed by atoms with Crippen LogP contribution in [0.4, 0.5) is 5.69 Å². The summed E-state index contributed by atoms with van der Waals surface area (Å²) < 4.78 is 0. The predicted octanol–water partition coefficient (Wildman–Crippen LogP) is -0.853. The number of rotatable bonds is 7. The third-order valence-corrected chi connectivity index (χ3v) is 8.47. The van der Waals surface area contributed by atoms with Gasteiger partial charge in [-0.2, -0.15) is 0 Å². The predicted molar refractivity (Wildman–Crippen MR) is 138 cm³/mol. The number of phenols is 1. The average Bonchev–Trinajstić information content (AvgIpc) is 2.86. The maximum atomic E-state index is 13.8. The summed E-state index contributed by atoms with van der Waals surface area (Å²) in [5.74, 6) is -11.5. The monoisotopic (exact) mass is 542 g/mol. The summed E-state index contributed by atoms with van der Waals surface area (Å²) in [6, 6.07) is 1.92. The van der Waals surface area contributed by atoms with E-state index in [-0.39, 0.29) is 30.6 Å². The Hall–Kier alpha value is -3.48. The van der Waals surface area contributed by atoms with Gasteiger partial charge in [-0.05, 0) is 57.6 Å². The molecule has 3 aliphatic carbocycles. The van der Waals surface area contributed by atoms with Crippen molar-refractivity contribution in [1.29, 1.82) is 0 Å². The number of fused-ring (bicyclic) bond motifs is 3. The number of amides is 2. The Morgan fingerprint density at radius 1 is 1.10 bits per heavy atom. The Bertz CT molecular complexity index is 1270. The fourth-order valence-corrected chi connectivity index (χ4v) is 6.52. The largest absolute Gasteiger partial charge is 0.505 e. The van der Waals surface area contributed by atoms with Gasteiger partial charge in [0.2, 0.25) is 11.8 Å². The molecule has 39 heavy (non-hydrogen) atoms. The molecular formula is C27H34N4O8. The highest BCUT2D eigenvalue weighted by molar-refractivity contribution is 6.32. The molecule has 2 saturated carbocycles. The van der Waals surface area contributed by atoms with E-state index in [4.69, 9.17) is 5.73 Å². The van der Waals surface area contributed by atoms with E-state index in [2.05, 4.69) is 5.32 Å². The third-order valence-electron chi connectivity index (χ3n) is 8.47. The van der Waals surface area contributed by atoms with Crippen molar-refractivity contribution in [3.63, 3.8) is 0 Å². The number of phenolic OH excluding ortho intramolecular Hbond substituents is 1. The first-order valence-electron chi connectivity index (χ1n) is 13.0. The molecule has 2 amide bonds. The number of nitrogens with zero attached hydrogens (tertiary/aromatic N) is 2. The molecule has 0 aliphatic heterocycles. The number of carbonyl (C=O) groups excluding carboxylic acids is 6. The Morgan fingerprint density at radius 2 is 1.74 bits per heavy atom. The van der Waals surface area contributed by atoms with E-state index in [9.17, 15) is 39.0 Å². The van der Waals surface area contributed by atoms with Gasteiger partial charge in [-0.25, -0.2) is 0 Å². The smallest absolute Gasteiger partial charge is 0.238 e. The van der Waals surface area contributed by atoms with Gasteiger partial charge in [-0.15, -0.1) is 0 Å². The van der Waals surface area contributed by atoms with Crippen LogP contribution in [-0.2, 0) is 30.4 Å². The molecule has 1 aromatic carbocycles. The number of ketones is 4. The van der Waals surface area contributed by atoms with E-state index in [1.807, 2.05) is 18.7 Å². The first-order chi connectivity index (χ1) is 18.3. The fraction of sp³-hybridized carbons (Fsp3) is 0.556. The number of benzene rings is 1. The Balaban J connectivity index is 1.72. The zero-order valence-electron chi connectivity index (χ0n) is 22.4. The van der Waals surface area contributed by atoms with Gasteiger partial charge in [-0.1, -0.05) is 19.9 Å². The number of nitrogens with two attached hydrogens (primary N) is 1. The van der Waals surface area contributed by atoms with Crippen LogP contribution in [0.25, 0.3) is 0 Å². The molecule has 1 aromatic rings. The molecule has 12 heteroatoms. The van der Waals surface area contributed by atoms with Crippen LogP contribution in [0, 0.1) is 23.7 Å². The number of hydrogen-bond donors (Lipinski definition) is 4.